The standard InChI is InChI=1S/C33H54N2O5S/c1-6-25-29-17-22(36)13-15-33(29,5)28-14-16-32(4)26(11-12-27(32)30(28)31(25)38)21(3)9-8-10-23(37)20-41(39,40)24-18-34-35(7-2)19-24/h18-19,21-22,25-31,36,38H,6-17,20H2,1-5H3/t21-,22-,25-,26-,27+,28+,29+,30+,31-,32-,33-/m1/s1. The van der Waals surface area contributed by atoms with Gasteiger partial charge >= 0.3 is 0 Å². The molecule has 0 amide bonds. The van der Waals surface area contributed by atoms with Crippen LogP contribution in [0, 0.1) is 52.3 Å². The highest BCUT2D eigenvalue weighted by atomic mass is 32.2. The third kappa shape index (κ3) is 5.48. The highest BCUT2D eigenvalue weighted by molar-refractivity contribution is 7.92. The number of nitrogens with zero attached hydrogens (tertiary/aromatic N) is 2. The fourth-order valence-electron chi connectivity index (χ4n) is 10.8. The van der Waals surface area contributed by atoms with Gasteiger partial charge in [-0.05, 0) is 111 Å². The van der Waals surface area contributed by atoms with E-state index in [0.29, 0.717) is 48.5 Å². The number of sulfone groups is 1. The summed E-state index contributed by atoms with van der Waals surface area (Å²) in [5.74, 6) is 2.46. The molecule has 4 saturated carbocycles. The molecule has 0 spiro atoms. The lowest BCUT2D eigenvalue weighted by atomic mass is 9.41. The van der Waals surface area contributed by atoms with Gasteiger partial charge in [-0.3, -0.25) is 9.48 Å². The van der Waals surface area contributed by atoms with Crippen LogP contribution in [0.4, 0.5) is 0 Å². The number of aliphatic hydroxyl groups excluding tert-OH is 2. The molecular formula is C33H54N2O5S. The van der Waals surface area contributed by atoms with Gasteiger partial charge in [-0.1, -0.05) is 40.5 Å². The summed E-state index contributed by atoms with van der Waals surface area (Å²) in [6.45, 7) is 12.0. The molecule has 41 heavy (non-hydrogen) atoms. The van der Waals surface area contributed by atoms with Gasteiger partial charge in [0.25, 0.3) is 0 Å². The second kappa shape index (κ2) is 11.7. The first-order valence-electron chi connectivity index (χ1n) is 16.5. The number of ketones is 1. The number of Topliss-reactive ketones (excluding diaryl/α,β-unsaturated/α-hetero) is 1. The molecule has 4 aliphatic rings. The Bertz CT molecular complexity index is 1200. The van der Waals surface area contributed by atoms with Gasteiger partial charge in [0.2, 0.25) is 0 Å². The lowest BCUT2D eigenvalue weighted by Crippen LogP contribution is -2.62. The van der Waals surface area contributed by atoms with Crippen LogP contribution in [0.1, 0.15) is 105 Å². The summed E-state index contributed by atoms with van der Waals surface area (Å²) in [6, 6.07) is 0. The second-order valence-electron chi connectivity index (χ2n) is 14.8. The molecule has 8 heteroatoms. The average Bonchev–Trinajstić information content (AvgIpc) is 3.55. The lowest BCUT2D eigenvalue weighted by molar-refractivity contribution is -0.203. The van der Waals surface area contributed by atoms with Crippen molar-refractivity contribution in [2.75, 3.05) is 5.75 Å². The van der Waals surface area contributed by atoms with Crippen LogP contribution in [-0.4, -0.2) is 52.2 Å². The van der Waals surface area contributed by atoms with E-state index in [4.69, 9.17) is 0 Å². The van der Waals surface area contributed by atoms with Gasteiger partial charge in [-0.15, -0.1) is 0 Å². The molecule has 0 saturated heterocycles. The Morgan fingerprint density at radius 3 is 2.46 bits per heavy atom. The van der Waals surface area contributed by atoms with E-state index in [0.717, 1.165) is 38.5 Å². The van der Waals surface area contributed by atoms with Crippen molar-refractivity contribution in [3.63, 3.8) is 0 Å². The van der Waals surface area contributed by atoms with Crippen molar-refractivity contribution in [2.45, 2.75) is 129 Å². The number of aromatic nitrogens is 2. The maximum Gasteiger partial charge on any atom is 0.188 e. The maximum atomic E-state index is 12.7. The summed E-state index contributed by atoms with van der Waals surface area (Å²) in [5.41, 5.74) is 0.411. The van der Waals surface area contributed by atoms with E-state index >= 15 is 0 Å². The number of hydrogen-bond acceptors (Lipinski definition) is 6. The Balaban J connectivity index is 1.21. The smallest absolute Gasteiger partial charge is 0.188 e. The average molecular weight is 591 g/mol. The normalized spacial score (nSPS) is 41.3. The summed E-state index contributed by atoms with van der Waals surface area (Å²) in [6.07, 6.45) is 12.8. The van der Waals surface area contributed by atoms with Crippen molar-refractivity contribution in [2.24, 2.45) is 52.3 Å². The number of aryl methyl sites for hydroxylation is 1. The Hall–Kier alpha value is -1.25. The van der Waals surface area contributed by atoms with Crippen LogP contribution in [0.2, 0.25) is 0 Å². The number of carbonyl (C=O) groups is 1. The molecule has 0 unspecified atom stereocenters. The molecule has 2 N–H and O–H groups in total. The first-order valence-corrected chi connectivity index (χ1v) is 18.1. The van der Waals surface area contributed by atoms with E-state index in [-0.39, 0.29) is 39.6 Å². The van der Waals surface area contributed by atoms with Crippen molar-refractivity contribution in [1.82, 2.24) is 9.78 Å². The van der Waals surface area contributed by atoms with Crippen LogP contribution in [0.15, 0.2) is 17.3 Å². The molecule has 0 aromatic carbocycles. The third-order valence-corrected chi connectivity index (χ3v) is 14.5. The minimum atomic E-state index is -3.65. The van der Waals surface area contributed by atoms with E-state index in [1.807, 2.05) is 6.92 Å². The highest BCUT2D eigenvalue weighted by Crippen LogP contribution is 2.69. The van der Waals surface area contributed by atoms with Gasteiger partial charge in [-0.25, -0.2) is 8.42 Å². The third-order valence-electron chi connectivity index (χ3n) is 12.9. The molecule has 1 aromatic heterocycles. The van der Waals surface area contributed by atoms with Crippen molar-refractivity contribution < 1.29 is 23.4 Å². The zero-order valence-electron chi connectivity index (χ0n) is 26.0. The van der Waals surface area contributed by atoms with Crippen molar-refractivity contribution in [3.05, 3.63) is 12.4 Å². The molecule has 0 radical (unpaired) electrons. The molecule has 11 atom stereocenters. The Morgan fingerprint density at radius 2 is 1.78 bits per heavy atom. The monoisotopic (exact) mass is 590 g/mol. The molecular weight excluding hydrogens is 536 g/mol. The van der Waals surface area contributed by atoms with E-state index in [2.05, 4.69) is 32.8 Å². The van der Waals surface area contributed by atoms with Crippen molar-refractivity contribution in [3.8, 4) is 0 Å². The molecule has 4 aliphatic carbocycles. The number of rotatable bonds is 10. The van der Waals surface area contributed by atoms with Gasteiger partial charge in [0.05, 0.1) is 18.4 Å². The first-order chi connectivity index (χ1) is 19.4. The Labute approximate surface area is 247 Å². The predicted octanol–water partition coefficient (Wildman–Crippen LogP) is 5.68. The van der Waals surface area contributed by atoms with Gasteiger partial charge in [0.1, 0.15) is 16.4 Å². The van der Waals surface area contributed by atoms with E-state index in [1.165, 1.54) is 38.1 Å². The van der Waals surface area contributed by atoms with Gasteiger partial charge in [0.15, 0.2) is 9.84 Å². The topological polar surface area (TPSA) is 109 Å². The summed E-state index contributed by atoms with van der Waals surface area (Å²) >= 11 is 0. The van der Waals surface area contributed by atoms with Crippen molar-refractivity contribution in [1.29, 1.82) is 0 Å². The van der Waals surface area contributed by atoms with E-state index in [9.17, 15) is 23.4 Å². The van der Waals surface area contributed by atoms with Crippen LogP contribution in [0.25, 0.3) is 0 Å². The summed E-state index contributed by atoms with van der Waals surface area (Å²) < 4.78 is 26.9. The number of aliphatic hydroxyl groups is 2. The van der Waals surface area contributed by atoms with Crippen LogP contribution in [0.5, 0.6) is 0 Å². The van der Waals surface area contributed by atoms with Crippen LogP contribution in [-0.2, 0) is 21.2 Å². The van der Waals surface area contributed by atoms with E-state index in [1.54, 1.807) is 4.68 Å². The summed E-state index contributed by atoms with van der Waals surface area (Å²) in [7, 11) is -3.65. The van der Waals surface area contributed by atoms with E-state index < -0.39 is 15.6 Å². The molecule has 0 aliphatic heterocycles. The maximum absolute atomic E-state index is 12.7. The summed E-state index contributed by atoms with van der Waals surface area (Å²) in [5, 5.41) is 26.5. The fraction of sp³-hybridized carbons (Fsp3) is 0.879. The van der Waals surface area contributed by atoms with Gasteiger partial charge in [-0.2, -0.15) is 5.10 Å². The van der Waals surface area contributed by atoms with Crippen LogP contribution < -0.4 is 0 Å². The minimum absolute atomic E-state index is 0.126. The fourth-order valence-corrected chi connectivity index (χ4v) is 12.0. The number of fused-ring (bicyclic) bond motifs is 5. The molecule has 5 rings (SSSR count). The SMILES string of the molecule is CC[C@H]1[C@@H](O)[C@@H]2[C@H](CC[C@]3(C)[C@@H]([C@H](C)CCCC(=O)CS(=O)(=O)c4cnn(CC)c4)CC[C@@H]23)[C@@]2(C)CC[C@@H](O)C[C@@H]12. The van der Waals surface area contributed by atoms with Gasteiger partial charge in [0, 0.05) is 19.2 Å². The Kier molecular flexibility index (Phi) is 8.89. The molecule has 0 bridgehead atoms. The quantitative estimate of drug-likeness (QED) is 0.363. The van der Waals surface area contributed by atoms with Crippen molar-refractivity contribution >= 4 is 15.6 Å². The highest BCUT2D eigenvalue weighted by Gasteiger charge is 2.64. The Morgan fingerprint density at radius 1 is 1.07 bits per heavy atom. The molecule has 4 fully saturated rings. The van der Waals surface area contributed by atoms with Crippen LogP contribution in [0.3, 0.4) is 0 Å². The molecule has 1 heterocycles. The first kappa shape index (κ1) is 31.2. The number of carbonyl (C=O) groups excluding carboxylic acids is 1. The number of hydrogen-bond donors (Lipinski definition) is 2. The zero-order chi connectivity index (χ0) is 29.7. The zero-order valence-corrected chi connectivity index (χ0v) is 26.8. The van der Waals surface area contributed by atoms with Gasteiger partial charge < -0.3 is 10.2 Å². The molecule has 1 aromatic rings. The molecule has 7 nitrogen and oxygen atoms in total. The summed E-state index contributed by atoms with van der Waals surface area (Å²) in [4.78, 5) is 12.8. The minimum Gasteiger partial charge on any atom is -0.393 e. The lowest BCUT2D eigenvalue weighted by Gasteiger charge is -2.64. The van der Waals surface area contributed by atoms with Crippen LogP contribution >= 0.6 is 0 Å². The molecule has 232 valence electrons. The predicted molar refractivity (Wildman–Crippen MR) is 160 cm³/mol. The second-order valence-corrected chi connectivity index (χ2v) is 16.8. The largest absolute Gasteiger partial charge is 0.393 e.